The van der Waals surface area contributed by atoms with Gasteiger partial charge in [0.15, 0.2) is 0 Å². The first-order valence-electron chi connectivity index (χ1n) is 7.79. The number of nitriles is 1. The van der Waals surface area contributed by atoms with E-state index in [9.17, 15) is 24.4 Å². The number of carbonyl (C=O) groups is 4. The van der Waals surface area contributed by atoms with Gasteiger partial charge < -0.3 is 20.6 Å². The zero-order valence-corrected chi connectivity index (χ0v) is 14.2. The molecule has 0 fully saturated rings. The molecule has 24 heavy (non-hydrogen) atoms. The molecule has 0 aromatic heterocycles. The average Bonchev–Trinajstić information content (AvgIpc) is 2.53. The number of rotatable bonds is 13. The lowest BCUT2D eigenvalue weighted by Crippen LogP contribution is -2.37. The number of ether oxygens (including phenoxy) is 1. The van der Waals surface area contributed by atoms with E-state index < -0.39 is 23.2 Å². The van der Waals surface area contributed by atoms with Crippen LogP contribution in [-0.4, -0.2) is 37.2 Å². The number of hydrogen-bond acceptors (Lipinski definition) is 6. The molecule has 0 aliphatic heterocycles. The lowest BCUT2D eigenvalue weighted by atomic mass is 9.72. The van der Waals surface area contributed by atoms with Crippen molar-refractivity contribution < 1.29 is 23.9 Å². The predicted molar refractivity (Wildman–Crippen MR) is 85.2 cm³/mol. The van der Waals surface area contributed by atoms with Crippen molar-refractivity contribution in [3.8, 4) is 6.07 Å². The molecular formula is C16H25N3O5. The molecule has 0 aliphatic rings. The van der Waals surface area contributed by atoms with Gasteiger partial charge in [-0.15, -0.1) is 0 Å². The Balaban J connectivity index is 4.62. The van der Waals surface area contributed by atoms with E-state index >= 15 is 0 Å². The minimum absolute atomic E-state index is 0.00407. The molecule has 0 rings (SSSR count). The Hall–Kier alpha value is -2.43. The van der Waals surface area contributed by atoms with Crippen LogP contribution in [0.4, 0.5) is 0 Å². The van der Waals surface area contributed by atoms with E-state index in [1.807, 2.05) is 0 Å². The van der Waals surface area contributed by atoms with Crippen LogP contribution in [0.5, 0.6) is 0 Å². The number of nitrogens with two attached hydrogens (primary N) is 1. The van der Waals surface area contributed by atoms with Crippen LogP contribution >= 0.6 is 0 Å². The van der Waals surface area contributed by atoms with Crippen molar-refractivity contribution in [3.63, 3.8) is 0 Å². The predicted octanol–water partition coefficient (Wildman–Crippen LogP) is 0.446. The average molecular weight is 339 g/mol. The van der Waals surface area contributed by atoms with Crippen molar-refractivity contribution in [2.45, 2.75) is 46.0 Å². The molecule has 3 N–H and O–H groups in total. The summed E-state index contributed by atoms with van der Waals surface area (Å²) in [5.41, 5.74) is 4.29. The molecule has 8 nitrogen and oxygen atoms in total. The molecule has 2 atom stereocenters. The van der Waals surface area contributed by atoms with Crippen LogP contribution in [-0.2, 0) is 23.9 Å². The highest BCUT2D eigenvalue weighted by molar-refractivity contribution is 5.79. The summed E-state index contributed by atoms with van der Waals surface area (Å²) in [5, 5.41) is 11.8. The molecular weight excluding hydrogens is 314 g/mol. The Labute approximate surface area is 141 Å². The van der Waals surface area contributed by atoms with Gasteiger partial charge in [0.2, 0.25) is 12.3 Å². The molecule has 134 valence electrons. The van der Waals surface area contributed by atoms with E-state index in [4.69, 9.17) is 10.5 Å². The zero-order chi connectivity index (χ0) is 18.6. The highest BCUT2D eigenvalue weighted by Gasteiger charge is 2.38. The van der Waals surface area contributed by atoms with E-state index in [-0.39, 0.29) is 31.8 Å². The molecule has 0 aliphatic carbocycles. The zero-order valence-electron chi connectivity index (χ0n) is 14.2. The van der Waals surface area contributed by atoms with Gasteiger partial charge in [-0.1, -0.05) is 0 Å². The minimum Gasteiger partial charge on any atom is -0.464 e. The minimum atomic E-state index is -1.11. The van der Waals surface area contributed by atoms with Gasteiger partial charge in [-0.05, 0) is 33.1 Å². The van der Waals surface area contributed by atoms with Gasteiger partial charge in [0.1, 0.15) is 12.4 Å². The fourth-order valence-corrected chi connectivity index (χ4v) is 2.35. The molecule has 0 radical (unpaired) electrons. The molecule has 2 unspecified atom stereocenters. The first-order chi connectivity index (χ1) is 11.3. The van der Waals surface area contributed by atoms with E-state index in [0.717, 1.165) is 0 Å². The monoisotopic (exact) mass is 339 g/mol. The summed E-state index contributed by atoms with van der Waals surface area (Å²) < 4.78 is 4.91. The van der Waals surface area contributed by atoms with Crippen molar-refractivity contribution >= 4 is 24.1 Å². The lowest BCUT2D eigenvalue weighted by Gasteiger charge is -2.29. The summed E-state index contributed by atoms with van der Waals surface area (Å²) in [6.07, 6.45) is 1.67. The fraction of sp³-hybridized carbons (Fsp3) is 0.688. The van der Waals surface area contributed by atoms with Gasteiger partial charge in [0.05, 0.1) is 23.9 Å². The number of hydrogen-bond donors (Lipinski definition) is 2. The van der Waals surface area contributed by atoms with Crippen LogP contribution in [0.25, 0.3) is 0 Å². The van der Waals surface area contributed by atoms with Crippen molar-refractivity contribution in [1.29, 1.82) is 5.26 Å². The summed E-state index contributed by atoms with van der Waals surface area (Å²) in [6, 6.07) is 2.08. The van der Waals surface area contributed by atoms with Gasteiger partial charge in [-0.25, -0.2) is 0 Å². The van der Waals surface area contributed by atoms with Crippen LogP contribution < -0.4 is 11.1 Å². The van der Waals surface area contributed by atoms with Gasteiger partial charge in [-0.2, -0.15) is 5.26 Å². The summed E-state index contributed by atoms with van der Waals surface area (Å²) in [6.45, 7) is 3.29. The number of carbonyl (C=O) groups excluding carboxylic acids is 4. The number of esters is 1. The van der Waals surface area contributed by atoms with Crippen molar-refractivity contribution in [1.82, 2.24) is 5.32 Å². The Morgan fingerprint density at radius 3 is 2.54 bits per heavy atom. The van der Waals surface area contributed by atoms with Crippen LogP contribution in [0, 0.1) is 22.7 Å². The van der Waals surface area contributed by atoms with Crippen LogP contribution in [0.15, 0.2) is 0 Å². The van der Waals surface area contributed by atoms with Gasteiger partial charge in [0, 0.05) is 12.8 Å². The van der Waals surface area contributed by atoms with Gasteiger partial charge in [0.25, 0.3) is 0 Å². The number of primary amides is 1. The standard InChI is InChI=1S/C16H25N3O5/c1-12(21)4-3-5-13(15(18)23)16(2,10-17)7-6-14(22)24-9-8-19-11-20/h11,13H,3-9H2,1-2H3,(H2,18,23)(H,19,20). The third-order valence-corrected chi connectivity index (χ3v) is 3.83. The highest BCUT2D eigenvalue weighted by Crippen LogP contribution is 2.35. The van der Waals surface area contributed by atoms with Crippen molar-refractivity contribution in [2.75, 3.05) is 13.2 Å². The third-order valence-electron chi connectivity index (χ3n) is 3.83. The number of amides is 2. The molecule has 0 saturated carbocycles. The normalized spacial score (nSPS) is 13.9. The molecule has 0 aromatic carbocycles. The fourth-order valence-electron chi connectivity index (χ4n) is 2.35. The first-order valence-corrected chi connectivity index (χ1v) is 7.79. The third kappa shape index (κ3) is 8.27. The maximum Gasteiger partial charge on any atom is 0.305 e. The smallest absolute Gasteiger partial charge is 0.305 e. The van der Waals surface area contributed by atoms with Crippen LogP contribution in [0.1, 0.15) is 46.0 Å². The molecule has 8 heteroatoms. The molecule has 0 bridgehead atoms. The molecule has 0 spiro atoms. The topological polar surface area (TPSA) is 139 Å². The highest BCUT2D eigenvalue weighted by atomic mass is 16.5. The van der Waals surface area contributed by atoms with Gasteiger partial charge in [-0.3, -0.25) is 14.4 Å². The number of nitrogens with zero attached hydrogens (tertiary/aromatic N) is 1. The van der Waals surface area contributed by atoms with E-state index in [1.54, 1.807) is 6.92 Å². The second-order valence-electron chi connectivity index (χ2n) is 5.87. The van der Waals surface area contributed by atoms with Gasteiger partial charge >= 0.3 is 5.97 Å². The van der Waals surface area contributed by atoms with Crippen molar-refractivity contribution in [2.24, 2.45) is 17.1 Å². The summed E-state index contributed by atoms with van der Waals surface area (Å²) in [4.78, 5) is 44.4. The number of nitrogens with one attached hydrogen (secondary N) is 1. The Kier molecular flexibility index (Phi) is 10.0. The molecule has 0 heterocycles. The Bertz CT molecular complexity index is 500. The van der Waals surface area contributed by atoms with Crippen molar-refractivity contribution in [3.05, 3.63) is 0 Å². The maximum absolute atomic E-state index is 11.7. The second kappa shape index (κ2) is 11.2. The summed E-state index contributed by atoms with van der Waals surface area (Å²) >= 11 is 0. The van der Waals surface area contributed by atoms with E-state index in [1.165, 1.54) is 6.92 Å². The molecule has 2 amide bonds. The first kappa shape index (κ1) is 21.6. The second-order valence-corrected chi connectivity index (χ2v) is 5.87. The van der Waals surface area contributed by atoms with E-state index in [2.05, 4.69) is 11.4 Å². The quantitative estimate of drug-likeness (QED) is 0.283. The summed E-state index contributed by atoms with van der Waals surface area (Å²) in [5.74, 6) is -1.88. The molecule has 0 saturated heterocycles. The molecule has 0 aromatic rings. The SMILES string of the molecule is CC(=O)CCCC(C(N)=O)C(C)(C#N)CCC(=O)OCCNC=O. The van der Waals surface area contributed by atoms with Crippen LogP contribution in [0.3, 0.4) is 0 Å². The largest absolute Gasteiger partial charge is 0.464 e. The Morgan fingerprint density at radius 1 is 1.38 bits per heavy atom. The summed E-state index contributed by atoms with van der Waals surface area (Å²) in [7, 11) is 0. The van der Waals surface area contributed by atoms with Crippen LogP contribution in [0.2, 0.25) is 0 Å². The number of ketones is 1. The lowest BCUT2D eigenvalue weighted by molar-refractivity contribution is -0.144. The van der Waals surface area contributed by atoms with E-state index in [0.29, 0.717) is 25.7 Å². The Morgan fingerprint density at radius 2 is 2.04 bits per heavy atom. The number of Topliss-reactive ketones (excluding diaryl/α,β-unsaturated/α-hetero) is 1. The maximum atomic E-state index is 11.7.